The monoisotopic (exact) mass is 673 g/mol. The first-order valence-corrected chi connectivity index (χ1v) is 13.9. The summed E-state index contributed by atoms with van der Waals surface area (Å²) in [5.41, 5.74) is -1.64. The highest BCUT2D eigenvalue weighted by molar-refractivity contribution is 6.32. The molecule has 0 atom stereocenters. The van der Waals surface area contributed by atoms with Gasteiger partial charge in [0.25, 0.3) is 5.69 Å². The van der Waals surface area contributed by atoms with Crippen LogP contribution < -0.4 is 4.74 Å². The Morgan fingerprint density at radius 3 is 2.02 bits per heavy atom. The van der Waals surface area contributed by atoms with Gasteiger partial charge in [-0.25, -0.2) is 14.4 Å². The number of carbonyl (C=O) groups is 3. The summed E-state index contributed by atoms with van der Waals surface area (Å²) in [6.07, 6.45) is -4.61. The molecule has 11 nitrogen and oxygen atoms in total. The number of nitro benzene ring substituents is 1. The molecule has 15 heteroatoms. The Bertz CT molecular complexity index is 1820. The molecule has 0 bridgehead atoms. The van der Waals surface area contributed by atoms with Gasteiger partial charge in [0.05, 0.1) is 22.1 Å². The third-order valence-electron chi connectivity index (χ3n) is 6.73. The summed E-state index contributed by atoms with van der Waals surface area (Å²) in [6, 6.07) is 19.5. The maximum Gasteiger partial charge on any atom is 0.416 e. The molecule has 0 amide bonds. The van der Waals surface area contributed by atoms with E-state index in [0.717, 1.165) is 41.5 Å². The van der Waals surface area contributed by atoms with Crippen LogP contribution in [0.3, 0.4) is 0 Å². The molecule has 1 aliphatic carbocycles. The summed E-state index contributed by atoms with van der Waals surface area (Å²) in [7, 11) is 0. The molecule has 0 saturated heterocycles. The lowest BCUT2D eigenvalue weighted by Crippen LogP contribution is -2.34. The fourth-order valence-corrected chi connectivity index (χ4v) is 4.85. The predicted molar refractivity (Wildman–Crippen MR) is 159 cm³/mol. The van der Waals surface area contributed by atoms with E-state index in [0.29, 0.717) is 17.2 Å². The number of esters is 2. The van der Waals surface area contributed by atoms with Crippen molar-refractivity contribution < 1.29 is 56.9 Å². The third kappa shape index (κ3) is 7.34. The number of aliphatic carboxylic acids is 1. The third-order valence-corrected chi connectivity index (χ3v) is 7.03. The molecule has 47 heavy (non-hydrogen) atoms. The highest BCUT2D eigenvalue weighted by Gasteiger charge is 2.47. The highest BCUT2D eigenvalue weighted by atomic mass is 35.5. The molecule has 1 aliphatic rings. The number of carboxylic acids is 1. The Balaban J connectivity index is 0.000000246. The Hall–Kier alpha value is -5.47. The lowest BCUT2D eigenvalue weighted by molar-refractivity contribution is -0.385. The fourth-order valence-electron chi connectivity index (χ4n) is 4.64. The number of halogens is 4. The molecule has 0 heterocycles. The van der Waals surface area contributed by atoms with Crippen LogP contribution in [0.5, 0.6) is 11.5 Å². The van der Waals surface area contributed by atoms with E-state index in [1.54, 1.807) is 24.3 Å². The number of hydrogen-bond acceptors (Lipinski definition) is 9. The Morgan fingerprint density at radius 2 is 1.51 bits per heavy atom. The van der Waals surface area contributed by atoms with Gasteiger partial charge in [-0.1, -0.05) is 60.1 Å². The van der Waals surface area contributed by atoms with Crippen LogP contribution in [0.2, 0.25) is 5.02 Å². The van der Waals surface area contributed by atoms with Crippen molar-refractivity contribution in [2.75, 3.05) is 13.2 Å². The van der Waals surface area contributed by atoms with Crippen LogP contribution >= 0.6 is 11.6 Å². The first kappa shape index (κ1) is 34.4. The lowest BCUT2D eigenvalue weighted by atomic mass is 9.92. The molecule has 0 fully saturated rings. The second-order valence-electron chi connectivity index (χ2n) is 9.67. The van der Waals surface area contributed by atoms with E-state index in [1.807, 2.05) is 24.3 Å². The molecule has 0 spiro atoms. The summed E-state index contributed by atoms with van der Waals surface area (Å²) in [5.74, 6) is -3.60. The topological polar surface area (TPSA) is 162 Å². The molecule has 0 unspecified atom stereocenters. The van der Waals surface area contributed by atoms with E-state index >= 15 is 0 Å². The minimum absolute atomic E-state index is 0.0493. The second kappa shape index (κ2) is 13.9. The number of aliphatic hydroxyl groups is 1. The number of nitrogens with zero attached hydrogens (tertiary/aromatic N) is 1. The molecule has 4 aromatic carbocycles. The zero-order chi connectivity index (χ0) is 34.5. The molecule has 244 valence electrons. The molecule has 0 radical (unpaired) electrons. The average molecular weight is 674 g/mol. The van der Waals surface area contributed by atoms with Crippen molar-refractivity contribution in [3.63, 3.8) is 0 Å². The first-order chi connectivity index (χ1) is 22.2. The van der Waals surface area contributed by atoms with Gasteiger partial charge in [-0.3, -0.25) is 10.1 Å². The van der Waals surface area contributed by atoms with Crippen molar-refractivity contribution in [3.05, 3.63) is 122 Å². The van der Waals surface area contributed by atoms with Crippen molar-refractivity contribution in [1.29, 1.82) is 0 Å². The van der Waals surface area contributed by atoms with Crippen molar-refractivity contribution in [3.8, 4) is 22.6 Å². The standard InChI is InChI=1S/C18H13ClF3NO7.C14H10O3/c1-2-28-16(24)9-29-17(25)12-8-11(4-5-14(12)23(26)27)30-15-6-3-10(7-13(15)19)18(20,21)22;15-13(16)14(17)11-7-3-1-5-9(11)10-6-2-4-8-12(10)14/h3-8H,2,9H2,1H3;1-8,17H,(H,15,16). The number of fused-ring (bicyclic) bond motifs is 3. The minimum atomic E-state index is -4.61. The molecular weight excluding hydrogens is 651 g/mol. The number of benzene rings is 4. The first-order valence-electron chi connectivity index (χ1n) is 13.5. The largest absolute Gasteiger partial charge is 0.479 e. The van der Waals surface area contributed by atoms with Gasteiger partial charge in [0.1, 0.15) is 17.1 Å². The maximum absolute atomic E-state index is 12.7. The predicted octanol–water partition coefficient (Wildman–Crippen LogP) is 6.77. The summed E-state index contributed by atoms with van der Waals surface area (Å²) >= 11 is 5.81. The minimum Gasteiger partial charge on any atom is -0.479 e. The van der Waals surface area contributed by atoms with Crippen molar-refractivity contribution in [2.45, 2.75) is 18.7 Å². The van der Waals surface area contributed by atoms with E-state index in [1.165, 1.54) is 6.92 Å². The smallest absolute Gasteiger partial charge is 0.416 e. The van der Waals surface area contributed by atoms with Crippen LogP contribution in [0.25, 0.3) is 11.1 Å². The SMILES string of the molecule is CCOC(=O)COC(=O)c1cc(Oc2ccc(C(F)(F)F)cc2Cl)ccc1[N+](=O)[O-].O=C(O)C1(O)c2ccccc2-c2ccccc21. The summed E-state index contributed by atoms with van der Waals surface area (Å²) < 4.78 is 52.8. The van der Waals surface area contributed by atoms with E-state index in [9.17, 15) is 47.9 Å². The van der Waals surface area contributed by atoms with Gasteiger partial charge in [-0.2, -0.15) is 13.2 Å². The number of rotatable bonds is 8. The van der Waals surface area contributed by atoms with Crippen LogP contribution in [0.4, 0.5) is 18.9 Å². The number of hydrogen-bond donors (Lipinski definition) is 2. The van der Waals surface area contributed by atoms with Crippen LogP contribution in [0, 0.1) is 10.1 Å². The van der Waals surface area contributed by atoms with E-state index in [4.69, 9.17) is 21.1 Å². The van der Waals surface area contributed by atoms with Crippen molar-refractivity contribution in [2.24, 2.45) is 0 Å². The van der Waals surface area contributed by atoms with E-state index < -0.39 is 58.0 Å². The molecule has 2 N–H and O–H groups in total. The zero-order valence-electron chi connectivity index (χ0n) is 24.1. The van der Waals surface area contributed by atoms with Gasteiger partial charge in [0.2, 0.25) is 5.60 Å². The van der Waals surface area contributed by atoms with E-state index in [2.05, 4.69) is 4.74 Å². The van der Waals surface area contributed by atoms with E-state index in [-0.39, 0.29) is 23.1 Å². The quantitative estimate of drug-likeness (QED) is 0.116. The molecule has 4 aromatic rings. The summed E-state index contributed by atoms with van der Waals surface area (Å²) in [4.78, 5) is 45.2. The van der Waals surface area contributed by atoms with Crippen LogP contribution in [-0.4, -0.2) is 46.3 Å². The maximum atomic E-state index is 12.7. The number of ether oxygens (including phenoxy) is 3. The molecule has 0 saturated carbocycles. The summed E-state index contributed by atoms with van der Waals surface area (Å²) in [5, 5.41) is 30.6. The van der Waals surface area contributed by atoms with Gasteiger partial charge in [0, 0.05) is 23.3 Å². The molecular formula is C32H23ClF3NO10. The molecule has 0 aliphatic heterocycles. The summed E-state index contributed by atoms with van der Waals surface area (Å²) in [6.45, 7) is 0.825. The average Bonchev–Trinajstić information content (AvgIpc) is 3.30. The van der Waals surface area contributed by atoms with Gasteiger partial charge in [-0.15, -0.1) is 0 Å². The lowest BCUT2D eigenvalue weighted by Gasteiger charge is -2.19. The highest BCUT2D eigenvalue weighted by Crippen LogP contribution is 2.47. The zero-order valence-corrected chi connectivity index (χ0v) is 24.9. The van der Waals surface area contributed by atoms with Crippen LogP contribution in [0.1, 0.15) is 34.0 Å². The Labute approximate surface area is 268 Å². The Kier molecular flexibility index (Phi) is 10.2. The number of alkyl halides is 3. The second-order valence-corrected chi connectivity index (χ2v) is 10.1. The van der Waals surface area contributed by atoms with Crippen molar-refractivity contribution >= 4 is 35.2 Å². The Morgan fingerprint density at radius 1 is 0.915 bits per heavy atom. The van der Waals surface area contributed by atoms with Gasteiger partial charge >= 0.3 is 24.1 Å². The van der Waals surface area contributed by atoms with Gasteiger partial charge in [-0.05, 0) is 42.3 Å². The molecule has 5 rings (SSSR count). The number of carboxylic acid groups (broad SMARTS) is 1. The van der Waals surface area contributed by atoms with Crippen LogP contribution in [0.15, 0.2) is 84.9 Å². The molecule has 0 aromatic heterocycles. The number of carbonyl (C=O) groups excluding carboxylic acids is 2. The number of nitro groups is 1. The van der Waals surface area contributed by atoms with Gasteiger partial charge < -0.3 is 24.4 Å². The van der Waals surface area contributed by atoms with Crippen molar-refractivity contribution in [1.82, 2.24) is 0 Å². The fraction of sp³-hybridized carbons (Fsp3) is 0.156. The normalized spacial score (nSPS) is 12.5. The van der Waals surface area contributed by atoms with Crippen LogP contribution in [-0.2, 0) is 30.8 Å². The van der Waals surface area contributed by atoms with Gasteiger partial charge in [0.15, 0.2) is 6.61 Å².